The average Bonchev–Trinajstić information content (AvgIpc) is 3.09. The Kier molecular flexibility index (Phi) is 7.28. The second-order valence-electron chi connectivity index (χ2n) is 6.59. The highest BCUT2D eigenvalue weighted by molar-refractivity contribution is 5.87. The van der Waals surface area contributed by atoms with Crippen LogP contribution in [0.4, 0.5) is 0 Å². The van der Waals surface area contributed by atoms with Gasteiger partial charge in [-0.3, -0.25) is 4.79 Å². The van der Waals surface area contributed by atoms with Crippen LogP contribution >= 0.6 is 0 Å². The van der Waals surface area contributed by atoms with Gasteiger partial charge in [-0.05, 0) is 55.8 Å². The van der Waals surface area contributed by atoms with Crippen molar-refractivity contribution in [1.29, 1.82) is 0 Å². The molecule has 6 heteroatoms. The number of fused-ring (bicyclic) bond motifs is 1. The standard InChI is InChI=1S/C23H27N3O3/c1-3-7-23(27)24-15-6-10-22-25-20-8-4-5-9-21(20)26(22)16-17-29-19-13-11-18(28-2)12-14-19/h3-5,7-9,11-14H,6,10,15-17H2,1-2H3,(H,24,27)/b7-3-. The lowest BCUT2D eigenvalue weighted by atomic mass is 10.3. The van der Waals surface area contributed by atoms with Crippen molar-refractivity contribution in [3.63, 3.8) is 0 Å². The molecule has 3 aromatic rings. The summed E-state index contributed by atoms with van der Waals surface area (Å²) in [4.78, 5) is 16.3. The Bertz CT molecular complexity index is 961. The van der Waals surface area contributed by atoms with Crippen LogP contribution in [0.3, 0.4) is 0 Å². The number of para-hydroxylation sites is 2. The molecule has 0 saturated heterocycles. The van der Waals surface area contributed by atoms with E-state index in [9.17, 15) is 4.79 Å². The molecule has 0 unspecified atom stereocenters. The van der Waals surface area contributed by atoms with E-state index in [1.165, 1.54) is 6.08 Å². The third kappa shape index (κ3) is 5.60. The molecule has 0 fully saturated rings. The number of carbonyl (C=O) groups excluding carboxylic acids is 1. The zero-order valence-electron chi connectivity index (χ0n) is 16.9. The van der Waals surface area contributed by atoms with E-state index in [4.69, 9.17) is 14.5 Å². The van der Waals surface area contributed by atoms with E-state index in [2.05, 4.69) is 16.0 Å². The molecule has 2 aromatic carbocycles. The molecule has 1 heterocycles. The SMILES string of the molecule is C/C=C\C(=O)NCCCc1nc2ccccc2n1CCOc1ccc(OC)cc1. The molecule has 0 saturated carbocycles. The molecule has 0 aliphatic carbocycles. The summed E-state index contributed by atoms with van der Waals surface area (Å²) in [6, 6.07) is 15.7. The summed E-state index contributed by atoms with van der Waals surface area (Å²) in [5, 5.41) is 2.88. The minimum Gasteiger partial charge on any atom is -0.497 e. The highest BCUT2D eigenvalue weighted by atomic mass is 16.5. The first-order chi connectivity index (χ1) is 14.2. The van der Waals surface area contributed by atoms with E-state index in [0.717, 1.165) is 41.2 Å². The fourth-order valence-electron chi connectivity index (χ4n) is 3.16. The highest BCUT2D eigenvalue weighted by Crippen LogP contribution is 2.19. The Morgan fingerprint density at radius 3 is 2.66 bits per heavy atom. The van der Waals surface area contributed by atoms with Gasteiger partial charge in [-0.2, -0.15) is 0 Å². The van der Waals surface area contributed by atoms with Crippen LogP contribution in [0.5, 0.6) is 11.5 Å². The van der Waals surface area contributed by atoms with Gasteiger partial charge in [0.15, 0.2) is 0 Å². The fraction of sp³-hybridized carbons (Fsp3) is 0.304. The molecule has 1 amide bonds. The summed E-state index contributed by atoms with van der Waals surface area (Å²) in [7, 11) is 1.65. The molecule has 0 spiro atoms. The molecule has 3 rings (SSSR count). The van der Waals surface area contributed by atoms with E-state index in [1.54, 1.807) is 13.2 Å². The molecule has 6 nitrogen and oxygen atoms in total. The molecule has 0 aliphatic heterocycles. The molecule has 152 valence electrons. The zero-order valence-corrected chi connectivity index (χ0v) is 16.9. The van der Waals surface area contributed by atoms with E-state index in [-0.39, 0.29) is 5.91 Å². The van der Waals surface area contributed by atoms with E-state index >= 15 is 0 Å². The molecule has 1 aromatic heterocycles. The lowest BCUT2D eigenvalue weighted by molar-refractivity contribution is -0.116. The zero-order chi connectivity index (χ0) is 20.5. The highest BCUT2D eigenvalue weighted by Gasteiger charge is 2.10. The fourth-order valence-corrected chi connectivity index (χ4v) is 3.16. The monoisotopic (exact) mass is 393 g/mol. The number of imidazole rings is 1. The Hall–Kier alpha value is -3.28. The van der Waals surface area contributed by atoms with Gasteiger partial charge in [-0.1, -0.05) is 18.2 Å². The molecular weight excluding hydrogens is 366 g/mol. The second kappa shape index (κ2) is 10.3. The van der Waals surface area contributed by atoms with Crippen molar-refractivity contribution in [2.24, 2.45) is 0 Å². The van der Waals surface area contributed by atoms with Crippen LogP contribution in [0.2, 0.25) is 0 Å². The Balaban J connectivity index is 1.62. The summed E-state index contributed by atoms with van der Waals surface area (Å²) in [5.41, 5.74) is 2.07. The molecular formula is C23H27N3O3. The van der Waals surface area contributed by atoms with Gasteiger partial charge in [-0.15, -0.1) is 0 Å². The maximum Gasteiger partial charge on any atom is 0.243 e. The number of hydrogen-bond acceptors (Lipinski definition) is 4. The van der Waals surface area contributed by atoms with Crippen molar-refractivity contribution in [3.8, 4) is 11.5 Å². The van der Waals surface area contributed by atoms with Crippen molar-refractivity contribution >= 4 is 16.9 Å². The average molecular weight is 393 g/mol. The van der Waals surface area contributed by atoms with Gasteiger partial charge in [0, 0.05) is 13.0 Å². The number of ether oxygens (including phenoxy) is 2. The number of amides is 1. The third-order valence-corrected chi connectivity index (χ3v) is 4.57. The summed E-state index contributed by atoms with van der Waals surface area (Å²) in [5.74, 6) is 2.56. The minimum atomic E-state index is -0.0612. The van der Waals surface area contributed by atoms with Gasteiger partial charge in [0.1, 0.15) is 23.9 Å². The van der Waals surface area contributed by atoms with Crippen LogP contribution in [0, 0.1) is 0 Å². The topological polar surface area (TPSA) is 65.4 Å². The number of aromatic nitrogens is 2. The quantitative estimate of drug-likeness (QED) is 0.421. The van der Waals surface area contributed by atoms with Crippen molar-refractivity contribution in [1.82, 2.24) is 14.9 Å². The smallest absolute Gasteiger partial charge is 0.243 e. The Morgan fingerprint density at radius 1 is 1.14 bits per heavy atom. The number of carbonyl (C=O) groups is 1. The van der Waals surface area contributed by atoms with Crippen LogP contribution in [0.25, 0.3) is 11.0 Å². The molecule has 0 aliphatic rings. The van der Waals surface area contributed by atoms with Gasteiger partial charge in [0.2, 0.25) is 5.91 Å². The number of nitrogens with one attached hydrogen (secondary N) is 1. The number of hydrogen-bond donors (Lipinski definition) is 1. The summed E-state index contributed by atoms with van der Waals surface area (Å²) in [6.45, 7) is 3.69. The van der Waals surface area contributed by atoms with Crippen molar-refractivity contribution in [3.05, 3.63) is 66.5 Å². The minimum absolute atomic E-state index is 0.0612. The molecule has 29 heavy (non-hydrogen) atoms. The lowest BCUT2D eigenvalue weighted by Gasteiger charge is -2.11. The van der Waals surface area contributed by atoms with Crippen molar-refractivity contribution in [2.45, 2.75) is 26.3 Å². The second-order valence-corrected chi connectivity index (χ2v) is 6.59. The normalized spacial score (nSPS) is 11.1. The van der Waals surface area contributed by atoms with Crippen LogP contribution in [-0.2, 0) is 17.8 Å². The third-order valence-electron chi connectivity index (χ3n) is 4.57. The number of aryl methyl sites for hydroxylation is 1. The van der Waals surface area contributed by atoms with Gasteiger partial charge in [-0.25, -0.2) is 4.98 Å². The van der Waals surface area contributed by atoms with Crippen molar-refractivity contribution in [2.75, 3.05) is 20.3 Å². The van der Waals surface area contributed by atoms with Crippen LogP contribution < -0.4 is 14.8 Å². The summed E-state index contributed by atoms with van der Waals surface area (Å²) >= 11 is 0. The van der Waals surface area contributed by atoms with E-state index in [1.807, 2.05) is 49.4 Å². The van der Waals surface area contributed by atoms with E-state index < -0.39 is 0 Å². The lowest BCUT2D eigenvalue weighted by Crippen LogP contribution is -2.23. The molecule has 0 bridgehead atoms. The summed E-state index contributed by atoms with van der Waals surface area (Å²) in [6.07, 6.45) is 4.88. The first kappa shape index (κ1) is 20.5. The Morgan fingerprint density at radius 2 is 1.90 bits per heavy atom. The number of benzene rings is 2. The summed E-state index contributed by atoms with van der Waals surface area (Å²) < 4.78 is 13.3. The first-order valence-corrected chi connectivity index (χ1v) is 9.83. The Labute approximate surface area is 171 Å². The van der Waals surface area contributed by atoms with Crippen LogP contribution in [0.15, 0.2) is 60.7 Å². The largest absolute Gasteiger partial charge is 0.497 e. The van der Waals surface area contributed by atoms with Crippen LogP contribution in [0.1, 0.15) is 19.2 Å². The number of methoxy groups -OCH3 is 1. The molecule has 1 N–H and O–H groups in total. The number of allylic oxidation sites excluding steroid dienone is 1. The van der Waals surface area contributed by atoms with Gasteiger partial charge >= 0.3 is 0 Å². The van der Waals surface area contributed by atoms with Gasteiger partial charge < -0.3 is 19.4 Å². The molecule has 0 atom stereocenters. The van der Waals surface area contributed by atoms with E-state index in [0.29, 0.717) is 19.7 Å². The van der Waals surface area contributed by atoms with Gasteiger partial charge in [0.05, 0.1) is 24.7 Å². The predicted octanol–water partition coefficient (Wildman–Crippen LogP) is 3.75. The maximum atomic E-state index is 11.5. The molecule has 0 radical (unpaired) electrons. The van der Waals surface area contributed by atoms with Crippen molar-refractivity contribution < 1.29 is 14.3 Å². The van der Waals surface area contributed by atoms with Gasteiger partial charge in [0.25, 0.3) is 0 Å². The first-order valence-electron chi connectivity index (χ1n) is 9.83. The van der Waals surface area contributed by atoms with Crippen LogP contribution in [-0.4, -0.2) is 35.7 Å². The predicted molar refractivity (Wildman–Crippen MR) is 114 cm³/mol. The number of nitrogens with zero attached hydrogens (tertiary/aromatic N) is 2. The maximum absolute atomic E-state index is 11.5. The number of rotatable bonds is 10.